The van der Waals surface area contributed by atoms with E-state index in [1.807, 2.05) is 0 Å². The summed E-state index contributed by atoms with van der Waals surface area (Å²) in [6.07, 6.45) is 2.97. The Morgan fingerprint density at radius 3 is 3.13 bits per heavy atom. The van der Waals surface area contributed by atoms with Gasteiger partial charge in [0.2, 0.25) is 5.89 Å². The molecule has 0 aromatic carbocycles. The highest BCUT2D eigenvalue weighted by atomic mass is 16.5. The molecule has 1 aliphatic heterocycles. The van der Waals surface area contributed by atoms with E-state index in [1.54, 1.807) is 0 Å². The molecule has 0 saturated carbocycles. The van der Waals surface area contributed by atoms with E-state index in [2.05, 4.69) is 22.0 Å². The molecular formula is C10H18N4O. The molecule has 0 radical (unpaired) electrons. The lowest BCUT2D eigenvalue weighted by Gasteiger charge is -2.11. The molecule has 5 nitrogen and oxygen atoms in total. The van der Waals surface area contributed by atoms with Gasteiger partial charge >= 0.3 is 0 Å². The number of nitrogens with zero attached hydrogens (tertiary/aromatic N) is 3. The predicted molar refractivity (Wildman–Crippen MR) is 56.2 cm³/mol. The van der Waals surface area contributed by atoms with E-state index in [1.165, 1.54) is 0 Å². The van der Waals surface area contributed by atoms with Gasteiger partial charge in [0, 0.05) is 25.6 Å². The molecule has 15 heavy (non-hydrogen) atoms. The van der Waals surface area contributed by atoms with Gasteiger partial charge in [0.05, 0.1) is 6.54 Å². The maximum Gasteiger partial charge on any atom is 0.226 e. The molecule has 84 valence electrons. The molecule has 0 spiro atoms. The molecule has 1 saturated heterocycles. The van der Waals surface area contributed by atoms with Crippen LogP contribution >= 0.6 is 0 Å². The van der Waals surface area contributed by atoms with Gasteiger partial charge in [-0.15, -0.1) is 0 Å². The molecule has 0 aliphatic carbocycles. The van der Waals surface area contributed by atoms with E-state index in [0.717, 1.165) is 50.6 Å². The normalized spacial score (nSPS) is 22.4. The Labute approximate surface area is 89.6 Å². The van der Waals surface area contributed by atoms with Crippen molar-refractivity contribution < 1.29 is 4.52 Å². The second-order valence-corrected chi connectivity index (χ2v) is 4.14. The van der Waals surface area contributed by atoms with Gasteiger partial charge in [0.15, 0.2) is 5.82 Å². The van der Waals surface area contributed by atoms with E-state index >= 15 is 0 Å². The van der Waals surface area contributed by atoms with Gasteiger partial charge in [-0.1, -0.05) is 12.1 Å². The Morgan fingerprint density at radius 1 is 1.60 bits per heavy atom. The summed E-state index contributed by atoms with van der Waals surface area (Å²) in [5.41, 5.74) is 5.83. The number of hydrogen-bond acceptors (Lipinski definition) is 5. The van der Waals surface area contributed by atoms with Crippen molar-refractivity contribution in [1.29, 1.82) is 0 Å². The molecule has 2 N–H and O–H groups in total. The molecule has 1 atom stereocenters. The number of nitrogens with two attached hydrogens (primary N) is 1. The largest absolute Gasteiger partial charge is 0.339 e. The molecule has 2 heterocycles. The predicted octanol–water partition coefficient (Wildman–Crippen LogP) is 0.555. The highest BCUT2D eigenvalue weighted by molar-refractivity contribution is 4.89. The Hall–Kier alpha value is -0.940. The van der Waals surface area contributed by atoms with Crippen molar-refractivity contribution in [2.24, 2.45) is 5.73 Å². The number of aromatic nitrogens is 2. The van der Waals surface area contributed by atoms with Crippen LogP contribution in [0.25, 0.3) is 0 Å². The molecule has 0 amide bonds. The van der Waals surface area contributed by atoms with Crippen molar-refractivity contribution in [2.45, 2.75) is 38.8 Å². The molecule has 5 heteroatoms. The molecule has 0 unspecified atom stereocenters. The van der Waals surface area contributed by atoms with Crippen LogP contribution in [0.15, 0.2) is 4.52 Å². The molecule has 2 rings (SSSR count). The summed E-state index contributed by atoms with van der Waals surface area (Å²) in [5.74, 6) is 1.53. The summed E-state index contributed by atoms with van der Waals surface area (Å²) in [4.78, 5) is 6.60. The number of rotatable bonds is 4. The highest BCUT2D eigenvalue weighted by Crippen LogP contribution is 2.10. The van der Waals surface area contributed by atoms with E-state index in [-0.39, 0.29) is 0 Å². The average molecular weight is 210 g/mol. The van der Waals surface area contributed by atoms with Crippen molar-refractivity contribution in [3.63, 3.8) is 0 Å². The van der Waals surface area contributed by atoms with Gasteiger partial charge < -0.3 is 10.3 Å². The van der Waals surface area contributed by atoms with Gasteiger partial charge in [-0.3, -0.25) is 4.90 Å². The molecule has 1 fully saturated rings. The highest BCUT2D eigenvalue weighted by Gasteiger charge is 2.20. The first-order valence-electron chi connectivity index (χ1n) is 5.57. The Kier molecular flexibility index (Phi) is 3.33. The van der Waals surface area contributed by atoms with E-state index in [4.69, 9.17) is 10.3 Å². The van der Waals surface area contributed by atoms with Gasteiger partial charge in [-0.2, -0.15) is 4.98 Å². The Bertz CT molecular complexity index is 312. The fourth-order valence-electron chi connectivity index (χ4n) is 1.88. The lowest BCUT2D eigenvalue weighted by molar-refractivity contribution is 0.306. The first-order chi connectivity index (χ1) is 7.28. The van der Waals surface area contributed by atoms with E-state index < -0.39 is 0 Å². The fraction of sp³-hybridized carbons (Fsp3) is 0.800. The summed E-state index contributed by atoms with van der Waals surface area (Å²) >= 11 is 0. The summed E-state index contributed by atoms with van der Waals surface area (Å²) in [7, 11) is 0. The van der Waals surface area contributed by atoms with Crippen molar-refractivity contribution in [2.75, 3.05) is 13.1 Å². The molecule has 1 aliphatic rings. The van der Waals surface area contributed by atoms with Crippen LogP contribution in [0.2, 0.25) is 0 Å². The molecule has 0 bridgehead atoms. The second-order valence-electron chi connectivity index (χ2n) is 4.14. The second kappa shape index (κ2) is 4.72. The van der Waals surface area contributed by atoms with Crippen LogP contribution < -0.4 is 5.73 Å². The van der Waals surface area contributed by atoms with E-state index in [9.17, 15) is 0 Å². The van der Waals surface area contributed by atoms with Crippen LogP contribution in [0, 0.1) is 0 Å². The minimum atomic E-state index is 0.312. The van der Waals surface area contributed by atoms with Crippen LogP contribution in [0.1, 0.15) is 31.5 Å². The topological polar surface area (TPSA) is 68.2 Å². The summed E-state index contributed by atoms with van der Waals surface area (Å²) in [6, 6.07) is 0.312. The third-order valence-electron chi connectivity index (χ3n) is 2.65. The molecule has 1 aromatic rings. The van der Waals surface area contributed by atoms with Crippen LogP contribution in [-0.2, 0) is 13.0 Å². The number of aryl methyl sites for hydroxylation is 1. The summed E-state index contributed by atoms with van der Waals surface area (Å²) in [6.45, 7) is 4.85. The summed E-state index contributed by atoms with van der Waals surface area (Å²) in [5, 5.41) is 3.95. The Morgan fingerprint density at radius 2 is 2.47 bits per heavy atom. The zero-order valence-corrected chi connectivity index (χ0v) is 9.15. The van der Waals surface area contributed by atoms with Crippen LogP contribution in [-0.4, -0.2) is 34.2 Å². The summed E-state index contributed by atoms with van der Waals surface area (Å²) < 4.78 is 5.12. The minimum absolute atomic E-state index is 0.312. The average Bonchev–Trinajstić information content (AvgIpc) is 2.78. The van der Waals surface area contributed by atoms with Crippen LogP contribution in [0.5, 0.6) is 0 Å². The molecular weight excluding hydrogens is 192 g/mol. The number of hydrogen-bond donors (Lipinski definition) is 1. The van der Waals surface area contributed by atoms with Crippen molar-refractivity contribution in [3.8, 4) is 0 Å². The quantitative estimate of drug-likeness (QED) is 0.786. The lowest BCUT2D eigenvalue weighted by atomic mass is 10.3. The fourth-order valence-corrected chi connectivity index (χ4v) is 1.88. The van der Waals surface area contributed by atoms with Crippen LogP contribution in [0.3, 0.4) is 0 Å². The zero-order chi connectivity index (χ0) is 10.7. The zero-order valence-electron chi connectivity index (χ0n) is 9.15. The lowest BCUT2D eigenvalue weighted by Crippen LogP contribution is -2.26. The first kappa shape index (κ1) is 10.6. The number of likely N-dealkylation sites (tertiary alicyclic amines) is 1. The van der Waals surface area contributed by atoms with Gasteiger partial charge in [-0.25, -0.2) is 0 Å². The minimum Gasteiger partial charge on any atom is -0.339 e. The standard InChI is InChI=1S/C10H18N4O/c1-2-3-10-12-9(13-15-10)7-14-5-4-8(11)6-14/h8H,2-7,11H2,1H3/t8-/m0/s1. The van der Waals surface area contributed by atoms with Crippen molar-refractivity contribution in [3.05, 3.63) is 11.7 Å². The van der Waals surface area contributed by atoms with Gasteiger partial charge in [0.1, 0.15) is 0 Å². The van der Waals surface area contributed by atoms with Crippen molar-refractivity contribution in [1.82, 2.24) is 15.0 Å². The SMILES string of the molecule is CCCc1nc(CN2CC[C@H](N)C2)no1. The monoisotopic (exact) mass is 210 g/mol. The smallest absolute Gasteiger partial charge is 0.226 e. The van der Waals surface area contributed by atoms with Gasteiger partial charge in [-0.05, 0) is 12.8 Å². The molecule has 1 aromatic heterocycles. The van der Waals surface area contributed by atoms with Crippen molar-refractivity contribution >= 4 is 0 Å². The van der Waals surface area contributed by atoms with Gasteiger partial charge in [0.25, 0.3) is 0 Å². The third-order valence-corrected chi connectivity index (χ3v) is 2.65. The first-order valence-corrected chi connectivity index (χ1v) is 5.57. The van der Waals surface area contributed by atoms with Crippen LogP contribution in [0.4, 0.5) is 0 Å². The maximum atomic E-state index is 5.83. The third kappa shape index (κ3) is 2.76. The Balaban J connectivity index is 1.87. The maximum absolute atomic E-state index is 5.83. The van der Waals surface area contributed by atoms with E-state index in [0.29, 0.717) is 6.04 Å².